The van der Waals surface area contributed by atoms with Gasteiger partial charge in [0.1, 0.15) is 0 Å². The molecular weight excluding hydrogens is 356 g/mol. The molecule has 3 nitrogen and oxygen atoms in total. The summed E-state index contributed by atoms with van der Waals surface area (Å²) < 4.78 is 0. The van der Waals surface area contributed by atoms with E-state index in [9.17, 15) is 4.79 Å². The molecule has 1 heterocycles. The zero-order valence-electron chi connectivity index (χ0n) is 16.8. The zero-order valence-corrected chi connectivity index (χ0v) is 16.8. The molecule has 1 N–H and O–H groups in total. The van der Waals surface area contributed by atoms with Crippen molar-refractivity contribution in [3.63, 3.8) is 0 Å². The molecule has 0 aliphatic carbocycles. The van der Waals surface area contributed by atoms with Crippen LogP contribution >= 0.6 is 0 Å². The molecule has 0 saturated carbocycles. The molecule has 0 unspecified atom stereocenters. The van der Waals surface area contributed by atoms with Gasteiger partial charge in [-0.25, -0.2) is 0 Å². The predicted octanol–water partition coefficient (Wildman–Crippen LogP) is 4.54. The number of carbonyl (C=O) groups excluding carboxylic acids is 1. The number of nitrogens with zero attached hydrogens (tertiary/aromatic N) is 1. The van der Waals surface area contributed by atoms with Gasteiger partial charge in [-0.1, -0.05) is 66.7 Å². The van der Waals surface area contributed by atoms with Crippen LogP contribution in [0.4, 0.5) is 5.69 Å². The third-order valence-electron chi connectivity index (χ3n) is 5.65. The number of aryl methyl sites for hydroxylation is 1. The summed E-state index contributed by atoms with van der Waals surface area (Å²) in [6.07, 6.45) is 3.30. The number of benzene rings is 3. The number of hydrogen-bond acceptors (Lipinski definition) is 2. The minimum Gasteiger partial charge on any atom is -0.367 e. The maximum atomic E-state index is 12.1. The highest BCUT2D eigenvalue weighted by Gasteiger charge is 2.15. The maximum absolute atomic E-state index is 12.1. The summed E-state index contributed by atoms with van der Waals surface area (Å²) >= 11 is 0. The Balaban J connectivity index is 1.22. The highest BCUT2D eigenvalue weighted by molar-refractivity contribution is 5.76. The molecule has 0 atom stereocenters. The minimum absolute atomic E-state index is 0.123. The Kier molecular flexibility index (Phi) is 6.25. The largest absolute Gasteiger partial charge is 0.367 e. The lowest BCUT2D eigenvalue weighted by Crippen LogP contribution is -2.30. The Bertz CT molecular complexity index is 934. The van der Waals surface area contributed by atoms with E-state index in [0.717, 1.165) is 32.4 Å². The first-order valence-corrected chi connectivity index (χ1v) is 10.5. The van der Waals surface area contributed by atoms with E-state index in [4.69, 9.17) is 0 Å². The lowest BCUT2D eigenvalue weighted by atomic mass is 9.99. The monoisotopic (exact) mass is 384 g/mol. The van der Waals surface area contributed by atoms with E-state index in [0.29, 0.717) is 13.0 Å². The standard InChI is InChI=1S/C26H28N2O/c29-26(15-12-21-6-2-1-3-7-21)27-18-16-22-10-13-25(14-11-22)28-19-17-23-8-4-5-9-24(23)20-28/h1-11,13-14H,12,15-20H2,(H,27,29). The summed E-state index contributed by atoms with van der Waals surface area (Å²) in [5.74, 6) is 0.123. The first kappa shape index (κ1) is 19.3. The average molecular weight is 385 g/mol. The van der Waals surface area contributed by atoms with Gasteiger partial charge in [0.05, 0.1) is 0 Å². The van der Waals surface area contributed by atoms with Gasteiger partial charge in [0.2, 0.25) is 5.91 Å². The summed E-state index contributed by atoms with van der Waals surface area (Å²) in [5.41, 5.74) is 6.65. The van der Waals surface area contributed by atoms with Gasteiger partial charge >= 0.3 is 0 Å². The van der Waals surface area contributed by atoms with E-state index in [2.05, 4.69) is 70.9 Å². The van der Waals surface area contributed by atoms with Gasteiger partial charge in [-0.2, -0.15) is 0 Å². The fourth-order valence-electron chi connectivity index (χ4n) is 3.93. The Morgan fingerprint density at radius 3 is 2.28 bits per heavy atom. The van der Waals surface area contributed by atoms with E-state index in [1.807, 2.05) is 18.2 Å². The molecule has 4 rings (SSSR count). The topological polar surface area (TPSA) is 32.3 Å². The molecule has 0 aromatic heterocycles. The lowest BCUT2D eigenvalue weighted by Gasteiger charge is -2.30. The van der Waals surface area contributed by atoms with Crippen molar-refractivity contribution in [1.29, 1.82) is 0 Å². The van der Waals surface area contributed by atoms with Gasteiger partial charge in [0.15, 0.2) is 0 Å². The molecule has 3 heteroatoms. The molecule has 1 aliphatic rings. The average Bonchev–Trinajstić information content (AvgIpc) is 2.78. The highest BCUT2D eigenvalue weighted by atomic mass is 16.1. The second kappa shape index (κ2) is 9.42. The Morgan fingerprint density at radius 2 is 1.48 bits per heavy atom. The summed E-state index contributed by atoms with van der Waals surface area (Å²) in [7, 11) is 0. The molecule has 0 radical (unpaired) electrons. The SMILES string of the molecule is O=C(CCc1ccccc1)NCCc1ccc(N2CCc3ccccc3C2)cc1. The van der Waals surface area contributed by atoms with Gasteiger partial charge < -0.3 is 10.2 Å². The van der Waals surface area contributed by atoms with E-state index >= 15 is 0 Å². The molecule has 1 aliphatic heterocycles. The molecule has 0 saturated heterocycles. The van der Waals surface area contributed by atoms with Crippen LogP contribution in [0.1, 0.15) is 28.7 Å². The fraction of sp³-hybridized carbons (Fsp3) is 0.269. The molecule has 3 aromatic rings. The third kappa shape index (κ3) is 5.26. The normalized spacial score (nSPS) is 13.0. The molecule has 0 fully saturated rings. The van der Waals surface area contributed by atoms with Crippen molar-refractivity contribution in [2.24, 2.45) is 0 Å². The van der Waals surface area contributed by atoms with E-state index < -0.39 is 0 Å². The van der Waals surface area contributed by atoms with Crippen LogP contribution in [0.25, 0.3) is 0 Å². The number of nitrogens with one attached hydrogen (secondary N) is 1. The number of amides is 1. The summed E-state index contributed by atoms with van der Waals surface area (Å²) in [4.78, 5) is 14.5. The van der Waals surface area contributed by atoms with Gasteiger partial charge in [0, 0.05) is 31.7 Å². The van der Waals surface area contributed by atoms with Crippen molar-refractivity contribution >= 4 is 11.6 Å². The first-order chi connectivity index (χ1) is 14.3. The van der Waals surface area contributed by atoms with Crippen molar-refractivity contribution < 1.29 is 4.79 Å². The Labute approximate surface area is 173 Å². The number of carbonyl (C=O) groups is 1. The van der Waals surface area contributed by atoms with Crippen LogP contribution in [0, 0.1) is 0 Å². The van der Waals surface area contributed by atoms with Gasteiger partial charge in [-0.3, -0.25) is 4.79 Å². The molecule has 1 amide bonds. The molecule has 148 valence electrons. The zero-order chi connectivity index (χ0) is 19.9. The lowest BCUT2D eigenvalue weighted by molar-refractivity contribution is -0.121. The van der Waals surface area contributed by atoms with Crippen LogP contribution in [0.5, 0.6) is 0 Å². The number of hydrogen-bond donors (Lipinski definition) is 1. The summed E-state index contributed by atoms with van der Waals surface area (Å²) in [6, 6.07) is 27.7. The summed E-state index contributed by atoms with van der Waals surface area (Å²) in [6.45, 7) is 2.73. The molecule has 0 spiro atoms. The molecule has 0 bridgehead atoms. The van der Waals surface area contributed by atoms with E-state index in [1.54, 1.807) is 0 Å². The van der Waals surface area contributed by atoms with Crippen molar-refractivity contribution in [1.82, 2.24) is 5.32 Å². The van der Waals surface area contributed by atoms with Crippen LogP contribution in [-0.2, 0) is 30.6 Å². The second-order valence-electron chi connectivity index (χ2n) is 7.69. The summed E-state index contributed by atoms with van der Waals surface area (Å²) in [5, 5.41) is 3.04. The van der Waals surface area contributed by atoms with Gasteiger partial charge in [0.25, 0.3) is 0 Å². The van der Waals surface area contributed by atoms with Crippen molar-refractivity contribution in [2.75, 3.05) is 18.0 Å². The molecule has 29 heavy (non-hydrogen) atoms. The smallest absolute Gasteiger partial charge is 0.220 e. The van der Waals surface area contributed by atoms with Gasteiger partial charge in [-0.15, -0.1) is 0 Å². The predicted molar refractivity (Wildman–Crippen MR) is 119 cm³/mol. The number of anilines is 1. The maximum Gasteiger partial charge on any atom is 0.220 e. The van der Waals surface area contributed by atoms with Gasteiger partial charge in [-0.05, 0) is 53.6 Å². The van der Waals surface area contributed by atoms with Crippen molar-refractivity contribution in [3.05, 3.63) is 101 Å². The van der Waals surface area contributed by atoms with Crippen LogP contribution in [-0.4, -0.2) is 19.0 Å². The third-order valence-corrected chi connectivity index (χ3v) is 5.65. The Hall–Kier alpha value is -3.07. The highest BCUT2D eigenvalue weighted by Crippen LogP contribution is 2.24. The first-order valence-electron chi connectivity index (χ1n) is 10.5. The fourth-order valence-corrected chi connectivity index (χ4v) is 3.93. The van der Waals surface area contributed by atoms with Crippen LogP contribution < -0.4 is 10.2 Å². The number of fused-ring (bicyclic) bond motifs is 1. The van der Waals surface area contributed by atoms with E-state index in [1.165, 1.54) is 27.9 Å². The van der Waals surface area contributed by atoms with Crippen molar-refractivity contribution in [2.45, 2.75) is 32.2 Å². The molecule has 3 aromatic carbocycles. The van der Waals surface area contributed by atoms with E-state index in [-0.39, 0.29) is 5.91 Å². The van der Waals surface area contributed by atoms with Crippen LogP contribution in [0.2, 0.25) is 0 Å². The minimum atomic E-state index is 0.123. The Morgan fingerprint density at radius 1 is 0.793 bits per heavy atom. The number of rotatable bonds is 7. The van der Waals surface area contributed by atoms with Crippen LogP contribution in [0.3, 0.4) is 0 Å². The molecular formula is C26H28N2O. The van der Waals surface area contributed by atoms with Crippen LogP contribution in [0.15, 0.2) is 78.9 Å². The quantitative estimate of drug-likeness (QED) is 0.649. The second-order valence-corrected chi connectivity index (χ2v) is 7.69. The van der Waals surface area contributed by atoms with Crippen molar-refractivity contribution in [3.8, 4) is 0 Å².